The topological polar surface area (TPSA) is 49.4 Å². The Kier molecular flexibility index (Phi) is 6.02. The van der Waals surface area contributed by atoms with Gasteiger partial charge >= 0.3 is 0 Å². The van der Waals surface area contributed by atoms with Crippen molar-refractivity contribution in [3.05, 3.63) is 59.2 Å². The predicted molar refractivity (Wildman–Crippen MR) is 99.9 cm³/mol. The summed E-state index contributed by atoms with van der Waals surface area (Å²) in [6.07, 6.45) is 0. The zero-order valence-corrected chi connectivity index (χ0v) is 15.7. The molecule has 0 heterocycles. The molecule has 1 N–H and O–H groups in total. The third-order valence-corrected chi connectivity index (χ3v) is 5.71. The summed E-state index contributed by atoms with van der Waals surface area (Å²) < 4.78 is 27.7. The first kappa shape index (κ1) is 18.5. The van der Waals surface area contributed by atoms with Gasteiger partial charge in [-0.3, -0.25) is 0 Å². The van der Waals surface area contributed by atoms with Gasteiger partial charge < -0.3 is 4.90 Å². The van der Waals surface area contributed by atoms with Crippen LogP contribution in [0.25, 0.3) is 0 Å². The van der Waals surface area contributed by atoms with E-state index in [0.717, 1.165) is 35.5 Å². The van der Waals surface area contributed by atoms with Crippen molar-refractivity contribution in [3.63, 3.8) is 0 Å². The number of rotatable bonds is 7. The van der Waals surface area contributed by atoms with Gasteiger partial charge in [0, 0.05) is 25.3 Å². The molecule has 0 bridgehead atoms. The number of hydrogen-bond acceptors (Lipinski definition) is 3. The summed E-state index contributed by atoms with van der Waals surface area (Å²) in [6, 6.07) is 13.5. The van der Waals surface area contributed by atoms with Gasteiger partial charge in [-0.15, -0.1) is 0 Å². The van der Waals surface area contributed by atoms with Crippen LogP contribution in [0.15, 0.2) is 47.4 Å². The monoisotopic (exact) mass is 346 g/mol. The van der Waals surface area contributed by atoms with Crippen molar-refractivity contribution in [2.24, 2.45) is 0 Å². The van der Waals surface area contributed by atoms with E-state index in [9.17, 15) is 8.42 Å². The average Bonchev–Trinajstić information content (AvgIpc) is 2.57. The Morgan fingerprint density at radius 1 is 0.958 bits per heavy atom. The minimum atomic E-state index is -3.51. The van der Waals surface area contributed by atoms with E-state index < -0.39 is 10.0 Å². The maximum absolute atomic E-state index is 12.5. The maximum atomic E-state index is 12.5. The number of hydrogen-bond donors (Lipinski definition) is 1. The lowest BCUT2D eigenvalue weighted by Crippen LogP contribution is -2.24. The molecule has 2 rings (SSSR count). The lowest BCUT2D eigenvalue weighted by atomic mass is 10.2. The summed E-state index contributed by atoms with van der Waals surface area (Å²) in [5.74, 6) is 0. The molecule has 0 atom stereocenters. The quantitative estimate of drug-likeness (QED) is 0.833. The lowest BCUT2D eigenvalue weighted by Gasteiger charge is -2.21. The smallest absolute Gasteiger partial charge is 0.241 e. The van der Waals surface area contributed by atoms with Gasteiger partial charge in [-0.2, -0.15) is 0 Å². The average molecular weight is 346 g/mol. The Morgan fingerprint density at radius 2 is 1.58 bits per heavy atom. The minimum absolute atomic E-state index is 0.286. The van der Waals surface area contributed by atoms with Gasteiger partial charge in [0.2, 0.25) is 10.0 Å². The second kappa shape index (κ2) is 7.81. The molecule has 0 amide bonds. The number of sulfonamides is 1. The highest BCUT2D eigenvalue weighted by molar-refractivity contribution is 7.89. The molecule has 4 nitrogen and oxygen atoms in total. The number of anilines is 1. The third kappa shape index (κ3) is 4.36. The van der Waals surface area contributed by atoms with Crippen LogP contribution in [-0.4, -0.2) is 21.5 Å². The molecule has 0 radical (unpaired) electrons. The molecule has 0 aliphatic carbocycles. The molecule has 0 spiro atoms. The van der Waals surface area contributed by atoms with Crippen molar-refractivity contribution < 1.29 is 8.42 Å². The van der Waals surface area contributed by atoms with Crippen molar-refractivity contribution in [2.45, 2.75) is 39.1 Å². The van der Waals surface area contributed by atoms with Gasteiger partial charge in [-0.25, -0.2) is 13.1 Å². The van der Waals surface area contributed by atoms with E-state index in [1.165, 1.54) is 0 Å². The standard InChI is InChI=1S/C19H26N2O2S/c1-5-21(6-2)18-11-9-17(10-12-18)14-20-24(22,23)19-13-15(3)7-8-16(19)4/h7-13,20H,5-6,14H2,1-4H3. The molecular weight excluding hydrogens is 320 g/mol. The molecular formula is C19H26N2O2S. The van der Waals surface area contributed by atoms with Crippen LogP contribution in [0.4, 0.5) is 5.69 Å². The van der Waals surface area contributed by atoms with Crippen LogP contribution in [0.1, 0.15) is 30.5 Å². The summed E-state index contributed by atoms with van der Waals surface area (Å²) in [5, 5.41) is 0. The highest BCUT2D eigenvalue weighted by Crippen LogP contribution is 2.18. The summed E-state index contributed by atoms with van der Waals surface area (Å²) in [6.45, 7) is 10.1. The van der Waals surface area contributed by atoms with Crippen molar-refractivity contribution >= 4 is 15.7 Å². The summed E-state index contributed by atoms with van der Waals surface area (Å²) >= 11 is 0. The van der Waals surface area contributed by atoms with Gasteiger partial charge in [0.25, 0.3) is 0 Å². The number of aryl methyl sites for hydroxylation is 2. The van der Waals surface area contributed by atoms with Gasteiger partial charge in [0.05, 0.1) is 4.90 Å². The highest BCUT2D eigenvalue weighted by Gasteiger charge is 2.16. The van der Waals surface area contributed by atoms with E-state index in [2.05, 4.69) is 23.5 Å². The number of nitrogens with one attached hydrogen (secondary N) is 1. The largest absolute Gasteiger partial charge is 0.372 e. The van der Waals surface area contributed by atoms with E-state index in [1.54, 1.807) is 6.07 Å². The van der Waals surface area contributed by atoms with Crippen LogP contribution >= 0.6 is 0 Å². The normalized spacial score (nSPS) is 11.5. The van der Waals surface area contributed by atoms with Gasteiger partial charge in [-0.1, -0.05) is 24.3 Å². The molecule has 5 heteroatoms. The third-order valence-electron chi connectivity index (χ3n) is 4.16. The molecule has 0 unspecified atom stereocenters. The first-order valence-corrected chi connectivity index (χ1v) is 9.76. The van der Waals surface area contributed by atoms with Crippen molar-refractivity contribution in [3.8, 4) is 0 Å². The van der Waals surface area contributed by atoms with Gasteiger partial charge in [0.15, 0.2) is 0 Å². The fraction of sp³-hybridized carbons (Fsp3) is 0.368. The Bertz CT molecular complexity index is 780. The molecule has 0 aliphatic heterocycles. The Balaban J connectivity index is 2.11. The summed E-state index contributed by atoms with van der Waals surface area (Å²) in [4.78, 5) is 2.60. The predicted octanol–water partition coefficient (Wildman–Crippen LogP) is 3.63. The lowest BCUT2D eigenvalue weighted by molar-refractivity contribution is 0.580. The molecule has 130 valence electrons. The molecule has 24 heavy (non-hydrogen) atoms. The minimum Gasteiger partial charge on any atom is -0.372 e. The SMILES string of the molecule is CCN(CC)c1ccc(CNS(=O)(=O)c2cc(C)ccc2C)cc1. The van der Waals surface area contributed by atoms with Crippen LogP contribution in [0.3, 0.4) is 0 Å². The van der Waals surface area contributed by atoms with Crippen LogP contribution in [0, 0.1) is 13.8 Å². The first-order chi connectivity index (χ1) is 11.4. The zero-order valence-electron chi connectivity index (χ0n) is 14.8. The van der Waals surface area contributed by atoms with Crippen LogP contribution in [0.2, 0.25) is 0 Å². The Hall–Kier alpha value is -1.85. The Morgan fingerprint density at radius 3 is 2.17 bits per heavy atom. The summed E-state index contributed by atoms with van der Waals surface area (Å²) in [5.41, 5.74) is 3.79. The van der Waals surface area contributed by atoms with Crippen molar-refractivity contribution in [2.75, 3.05) is 18.0 Å². The fourth-order valence-corrected chi connectivity index (χ4v) is 4.01. The molecule has 0 aliphatic rings. The van der Waals surface area contributed by atoms with Gasteiger partial charge in [-0.05, 0) is 62.6 Å². The van der Waals surface area contributed by atoms with E-state index in [-0.39, 0.29) is 6.54 Å². The molecule has 2 aromatic carbocycles. The fourth-order valence-electron chi connectivity index (χ4n) is 2.67. The second-order valence-electron chi connectivity index (χ2n) is 5.93. The first-order valence-electron chi connectivity index (χ1n) is 8.28. The number of benzene rings is 2. The van der Waals surface area contributed by atoms with Crippen LogP contribution < -0.4 is 9.62 Å². The zero-order chi connectivity index (χ0) is 17.7. The van der Waals surface area contributed by atoms with Crippen LogP contribution in [-0.2, 0) is 16.6 Å². The van der Waals surface area contributed by atoms with E-state index in [4.69, 9.17) is 0 Å². The van der Waals surface area contributed by atoms with E-state index in [0.29, 0.717) is 4.90 Å². The van der Waals surface area contributed by atoms with E-state index in [1.807, 2.05) is 50.2 Å². The van der Waals surface area contributed by atoms with E-state index >= 15 is 0 Å². The molecule has 2 aromatic rings. The Labute approximate surface area is 145 Å². The second-order valence-corrected chi connectivity index (χ2v) is 7.67. The van der Waals surface area contributed by atoms with Crippen molar-refractivity contribution in [1.82, 2.24) is 4.72 Å². The molecule has 0 aromatic heterocycles. The number of nitrogens with zero attached hydrogens (tertiary/aromatic N) is 1. The van der Waals surface area contributed by atoms with Gasteiger partial charge in [0.1, 0.15) is 0 Å². The molecule has 0 saturated heterocycles. The molecule has 0 saturated carbocycles. The molecule has 0 fully saturated rings. The summed E-state index contributed by atoms with van der Waals surface area (Å²) in [7, 11) is -3.51. The van der Waals surface area contributed by atoms with Crippen LogP contribution in [0.5, 0.6) is 0 Å². The van der Waals surface area contributed by atoms with Crippen molar-refractivity contribution in [1.29, 1.82) is 0 Å². The highest BCUT2D eigenvalue weighted by atomic mass is 32.2. The maximum Gasteiger partial charge on any atom is 0.241 e.